The van der Waals surface area contributed by atoms with Crippen molar-refractivity contribution in [1.29, 1.82) is 0 Å². The van der Waals surface area contributed by atoms with E-state index in [1.165, 1.54) is 6.26 Å². The van der Waals surface area contributed by atoms with Crippen molar-refractivity contribution in [2.24, 2.45) is 4.99 Å². The van der Waals surface area contributed by atoms with E-state index < -0.39 is 14.6 Å². The Morgan fingerprint density at radius 3 is 2.38 bits per heavy atom. The molecule has 1 fully saturated rings. The Bertz CT molecular complexity index is 605. The second-order valence-electron chi connectivity index (χ2n) is 5.83. The molecule has 1 aromatic carbocycles. The first kappa shape index (κ1) is 15.8. The van der Waals surface area contributed by atoms with Gasteiger partial charge in [-0.1, -0.05) is 30.3 Å². The Balaban J connectivity index is 2.00. The number of hydrogen-bond donors (Lipinski definition) is 1. The molecule has 1 N–H and O–H groups in total. The SMILES string of the molecule is CN(C)C(=NCc1ccccc1)NCC1(S(C)(=O)=O)CC1. The van der Waals surface area contributed by atoms with Crippen LogP contribution in [0.1, 0.15) is 18.4 Å². The molecule has 0 radical (unpaired) electrons. The zero-order valence-electron chi connectivity index (χ0n) is 12.8. The molecule has 0 saturated heterocycles. The highest BCUT2D eigenvalue weighted by atomic mass is 32.2. The van der Waals surface area contributed by atoms with E-state index in [9.17, 15) is 8.42 Å². The lowest BCUT2D eigenvalue weighted by molar-refractivity contribution is 0.558. The minimum Gasteiger partial charge on any atom is -0.355 e. The monoisotopic (exact) mass is 309 g/mol. The molecule has 0 spiro atoms. The second-order valence-corrected chi connectivity index (χ2v) is 8.24. The molecule has 1 saturated carbocycles. The number of rotatable bonds is 5. The topological polar surface area (TPSA) is 61.8 Å². The lowest BCUT2D eigenvalue weighted by atomic mass is 10.2. The highest BCUT2D eigenvalue weighted by Crippen LogP contribution is 2.42. The highest BCUT2D eigenvalue weighted by Gasteiger charge is 2.52. The molecule has 0 heterocycles. The predicted molar refractivity (Wildman–Crippen MR) is 86.1 cm³/mol. The van der Waals surface area contributed by atoms with Crippen LogP contribution in [0.15, 0.2) is 35.3 Å². The fraction of sp³-hybridized carbons (Fsp3) is 0.533. The smallest absolute Gasteiger partial charge is 0.193 e. The van der Waals surface area contributed by atoms with Crippen molar-refractivity contribution in [3.05, 3.63) is 35.9 Å². The number of guanidine groups is 1. The summed E-state index contributed by atoms with van der Waals surface area (Å²) in [6.45, 7) is 1.00. The highest BCUT2D eigenvalue weighted by molar-refractivity contribution is 7.92. The van der Waals surface area contributed by atoms with E-state index in [-0.39, 0.29) is 0 Å². The van der Waals surface area contributed by atoms with Crippen LogP contribution < -0.4 is 5.32 Å². The van der Waals surface area contributed by atoms with Gasteiger partial charge in [-0.3, -0.25) is 0 Å². The van der Waals surface area contributed by atoms with Crippen LogP contribution in [0.3, 0.4) is 0 Å². The van der Waals surface area contributed by atoms with Gasteiger partial charge in [0.05, 0.1) is 11.3 Å². The number of sulfone groups is 1. The Morgan fingerprint density at radius 1 is 1.29 bits per heavy atom. The van der Waals surface area contributed by atoms with Crippen LogP contribution in [-0.2, 0) is 16.4 Å². The van der Waals surface area contributed by atoms with Crippen LogP contribution >= 0.6 is 0 Å². The molecule has 1 aliphatic rings. The normalized spacial score (nSPS) is 17.4. The summed E-state index contributed by atoms with van der Waals surface area (Å²) in [4.78, 5) is 6.42. The van der Waals surface area contributed by atoms with Crippen molar-refractivity contribution < 1.29 is 8.42 Å². The molecule has 5 nitrogen and oxygen atoms in total. The van der Waals surface area contributed by atoms with E-state index in [0.717, 1.165) is 18.4 Å². The maximum absolute atomic E-state index is 11.8. The lowest BCUT2D eigenvalue weighted by Gasteiger charge is -2.21. The van der Waals surface area contributed by atoms with Crippen molar-refractivity contribution in [1.82, 2.24) is 10.2 Å². The number of benzene rings is 1. The standard InChI is InChI=1S/C15H23N3O2S/c1-18(2)14(16-11-13-7-5-4-6-8-13)17-12-15(9-10-15)21(3,19)20/h4-8H,9-12H2,1-3H3,(H,16,17). The van der Waals surface area contributed by atoms with E-state index in [2.05, 4.69) is 10.3 Å². The van der Waals surface area contributed by atoms with Crippen LogP contribution in [0.25, 0.3) is 0 Å². The van der Waals surface area contributed by atoms with E-state index in [1.807, 2.05) is 49.3 Å². The molecule has 1 aliphatic carbocycles. The molecule has 0 amide bonds. The predicted octanol–water partition coefficient (Wildman–Crippen LogP) is 1.27. The summed E-state index contributed by atoms with van der Waals surface area (Å²) in [5.41, 5.74) is 1.13. The zero-order chi connectivity index (χ0) is 15.5. The molecule has 0 bridgehead atoms. The van der Waals surface area contributed by atoms with Gasteiger partial charge < -0.3 is 10.2 Å². The van der Waals surface area contributed by atoms with Gasteiger partial charge in [-0.25, -0.2) is 13.4 Å². The van der Waals surface area contributed by atoms with Crippen molar-refractivity contribution >= 4 is 15.8 Å². The molecule has 1 aromatic rings. The average molecular weight is 309 g/mol. The van der Waals surface area contributed by atoms with Crippen LogP contribution in [0.5, 0.6) is 0 Å². The first-order chi connectivity index (χ1) is 9.84. The molecule has 0 atom stereocenters. The largest absolute Gasteiger partial charge is 0.355 e. The zero-order valence-corrected chi connectivity index (χ0v) is 13.7. The second kappa shape index (κ2) is 6.05. The molecule has 0 aliphatic heterocycles. The Hall–Kier alpha value is -1.56. The van der Waals surface area contributed by atoms with Crippen molar-refractivity contribution in [3.63, 3.8) is 0 Å². The maximum atomic E-state index is 11.8. The summed E-state index contributed by atoms with van der Waals surface area (Å²) in [7, 11) is 0.784. The average Bonchev–Trinajstić information content (AvgIpc) is 3.20. The van der Waals surface area contributed by atoms with E-state index in [4.69, 9.17) is 0 Å². The van der Waals surface area contributed by atoms with Gasteiger partial charge >= 0.3 is 0 Å². The third-order valence-electron chi connectivity index (χ3n) is 3.84. The van der Waals surface area contributed by atoms with Gasteiger partial charge in [0, 0.05) is 26.9 Å². The van der Waals surface area contributed by atoms with Gasteiger partial charge in [-0.15, -0.1) is 0 Å². The Labute approximate surface area is 127 Å². The van der Waals surface area contributed by atoms with E-state index in [1.54, 1.807) is 0 Å². The summed E-state index contributed by atoms with van der Waals surface area (Å²) in [6.07, 6.45) is 2.79. The third-order valence-corrected chi connectivity index (χ3v) is 5.97. The van der Waals surface area contributed by atoms with Crippen LogP contribution in [0, 0.1) is 0 Å². The lowest BCUT2D eigenvalue weighted by Crippen LogP contribution is -2.43. The summed E-state index contributed by atoms with van der Waals surface area (Å²) in [5, 5.41) is 3.20. The molecule has 2 rings (SSSR count). The Kier molecular flexibility index (Phi) is 4.56. The van der Waals surface area contributed by atoms with Crippen molar-refractivity contribution in [2.45, 2.75) is 24.1 Å². The Morgan fingerprint density at radius 2 is 1.90 bits per heavy atom. The van der Waals surface area contributed by atoms with Gasteiger partial charge in [0.1, 0.15) is 0 Å². The van der Waals surface area contributed by atoms with Crippen molar-refractivity contribution in [2.75, 3.05) is 26.9 Å². The van der Waals surface area contributed by atoms with Crippen molar-refractivity contribution in [3.8, 4) is 0 Å². The minimum atomic E-state index is -3.02. The summed E-state index contributed by atoms with van der Waals surface area (Å²) >= 11 is 0. The third kappa shape index (κ3) is 3.97. The summed E-state index contributed by atoms with van der Waals surface area (Å²) in [6, 6.07) is 9.99. The van der Waals surface area contributed by atoms with Gasteiger partial charge in [0.15, 0.2) is 15.8 Å². The maximum Gasteiger partial charge on any atom is 0.193 e. The summed E-state index contributed by atoms with van der Waals surface area (Å²) < 4.78 is 23.0. The molecule has 0 unspecified atom stereocenters. The van der Waals surface area contributed by atoms with Crippen LogP contribution in [0.2, 0.25) is 0 Å². The van der Waals surface area contributed by atoms with Gasteiger partial charge in [-0.05, 0) is 18.4 Å². The summed E-state index contributed by atoms with van der Waals surface area (Å²) in [5.74, 6) is 0.716. The van der Waals surface area contributed by atoms with Gasteiger partial charge in [0.2, 0.25) is 0 Å². The quantitative estimate of drug-likeness (QED) is 0.657. The molecular formula is C15H23N3O2S. The minimum absolute atomic E-state index is 0.428. The van der Waals surface area contributed by atoms with Crippen LogP contribution in [0.4, 0.5) is 0 Å². The van der Waals surface area contributed by atoms with Crippen LogP contribution in [-0.4, -0.2) is 50.9 Å². The van der Waals surface area contributed by atoms with E-state index in [0.29, 0.717) is 19.0 Å². The van der Waals surface area contributed by atoms with Gasteiger partial charge in [-0.2, -0.15) is 0 Å². The number of nitrogens with one attached hydrogen (secondary N) is 1. The number of hydrogen-bond acceptors (Lipinski definition) is 3. The van der Waals surface area contributed by atoms with E-state index >= 15 is 0 Å². The number of aliphatic imine (C=N–C) groups is 1. The molecule has 0 aromatic heterocycles. The molecule has 116 valence electrons. The molecule has 6 heteroatoms. The van der Waals surface area contributed by atoms with Gasteiger partial charge in [0.25, 0.3) is 0 Å². The first-order valence-electron chi connectivity index (χ1n) is 7.03. The fourth-order valence-corrected chi connectivity index (χ4v) is 3.34. The first-order valence-corrected chi connectivity index (χ1v) is 8.92. The molecule has 21 heavy (non-hydrogen) atoms. The fourth-order valence-electron chi connectivity index (χ4n) is 2.16. The number of nitrogens with zero attached hydrogens (tertiary/aromatic N) is 2. The molecular weight excluding hydrogens is 286 g/mol.